The topological polar surface area (TPSA) is 64.6 Å². The van der Waals surface area contributed by atoms with Crippen molar-refractivity contribution in [2.75, 3.05) is 13.7 Å². The van der Waals surface area contributed by atoms with Crippen molar-refractivity contribution in [2.24, 2.45) is 11.8 Å². The summed E-state index contributed by atoms with van der Waals surface area (Å²) in [5.41, 5.74) is -0.557. The van der Waals surface area contributed by atoms with Crippen LogP contribution < -0.4 is 5.32 Å². The first kappa shape index (κ1) is 18.9. The summed E-state index contributed by atoms with van der Waals surface area (Å²) in [5, 5.41) is 2.76. The second-order valence-electron chi connectivity index (χ2n) is 6.59. The van der Waals surface area contributed by atoms with Crippen LogP contribution in [0.5, 0.6) is 0 Å². The molecule has 0 aromatic heterocycles. The molecule has 0 saturated heterocycles. The minimum absolute atomic E-state index is 0.0217. The lowest BCUT2D eigenvalue weighted by atomic mass is 10.0. The molecule has 1 unspecified atom stereocenters. The first-order valence-corrected chi connectivity index (χ1v) is 7.08. The number of amides is 1. The first-order valence-electron chi connectivity index (χ1n) is 7.08. The lowest BCUT2D eigenvalue weighted by molar-refractivity contribution is -0.160. The lowest BCUT2D eigenvalue weighted by Gasteiger charge is -2.26. The fourth-order valence-corrected chi connectivity index (χ4v) is 1.76. The Morgan fingerprint density at radius 3 is 2.10 bits per heavy atom. The van der Waals surface area contributed by atoms with Gasteiger partial charge >= 0.3 is 5.97 Å². The van der Waals surface area contributed by atoms with E-state index in [1.807, 2.05) is 41.5 Å². The minimum Gasteiger partial charge on any atom is -0.458 e. The number of nitrogens with one attached hydrogen (secondary N) is 1. The van der Waals surface area contributed by atoms with Gasteiger partial charge in [0.25, 0.3) is 0 Å². The maximum atomic E-state index is 12.1. The van der Waals surface area contributed by atoms with Crippen LogP contribution in [0.3, 0.4) is 0 Å². The van der Waals surface area contributed by atoms with Crippen LogP contribution in [-0.2, 0) is 19.1 Å². The van der Waals surface area contributed by atoms with Crippen LogP contribution in [-0.4, -0.2) is 37.2 Å². The maximum absolute atomic E-state index is 12.1. The highest BCUT2D eigenvalue weighted by atomic mass is 16.6. The van der Waals surface area contributed by atoms with Gasteiger partial charge in [-0.05, 0) is 32.6 Å². The molecule has 0 aromatic carbocycles. The van der Waals surface area contributed by atoms with E-state index in [0.717, 1.165) is 0 Å². The van der Waals surface area contributed by atoms with E-state index in [4.69, 9.17) is 9.47 Å². The summed E-state index contributed by atoms with van der Waals surface area (Å²) in [6.45, 7) is 11.6. The molecule has 0 aliphatic carbocycles. The number of hydrogen-bond donors (Lipinski definition) is 1. The molecule has 0 heterocycles. The summed E-state index contributed by atoms with van der Waals surface area (Å²) in [6, 6.07) is -0.614. The highest BCUT2D eigenvalue weighted by Crippen LogP contribution is 2.13. The third kappa shape index (κ3) is 8.15. The zero-order valence-corrected chi connectivity index (χ0v) is 13.8. The zero-order valence-electron chi connectivity index (χ0n) is 13.8. The number of carbonyl (C=O) groups is 2. The molecule has 0 aliphatic rings. The third-order valence-electron chi connectivity index (χ3n) is 2.63. The monoisotopic (exact) mass is 287 g/mol. The Hall–Kier alpha value is -1.10. The Balaban J connectivity index is 4.55. The van der Waals surface area contributed by atoms with E-state index in [-0.39, 0.29) is 23.7 Å². The van der Waals surface area contributed by atoms with Crippen molar-refractivity contribution in [3.63, 3.8) is 0 Å². The highest BCUT2D eigenvalue weighted by Gasteiger charge is 2.29. The average molecular weight is 287 g/mol. The molecule has 5 heteroatoms. The summed E-state index contributed by atoms with van der Waals surface area (Å²) in [5.74, 6) is -0.447. The Labute approximate surface area is 122 Å². The molecule has 0 spiro atoms. The number of rotatable bonds is 7. The molecule has 1 amide bonds. The van der Waals surface area contributed by atoms with Crippen molar-refractivity contribution in [1.29, 1.82) is 0 Å². The Morgan fingerprint density at radius 2 is 1.70 bits per heavy atom. The van der Waals surface area contributed by atoms with E-state index in [9.17, 15) is 9.59 Å². The van der Waals surface area contributed by atoms with Crippen molar-refractivity contribution >= 4 is 11.9 Å². The molecule has 1 N–H and O–H groups in total. The molecule has 20 heavy (non-hydrogen) atoms. The third-order valence-corrected chi connectivity index (χ3v) is 2.63. The van der Waals surface area contributed by atoms with Crippen LogP contribution in [0.15, 0.2) is 0 Å². The molecule has 0 saturated carbocycles. The molecule has 0 rings (SSSR count). The number of methoxy groups -OCH3 is 1. The van der Waals surface area contributed by atoms with Crippen LogP contribution in [0.2, 0.25) is 0 Å². The second kappa shape index (κ2) is 8.25. The fourth-order valence-electron chi connectivity index (χ4n) is 1.76. The van der Waals surface area contributed by atoms with E-state index < -0.39 is 11.6 Å². The van der Waals surface area contributed by atoms with Gasteiger partial charge in [0.1, 0.15) is 11.6 Å². The van der Waals surface area contributed by atoms with E-state index in [1.54, 1.807) is 7.11 Å². The quantitative estimate of drug-likeness (QED) is 0.729. The molecule has 0 bridgehead atoms. The van der Waals surface area contributed by atoms with Gasteiger partial charge in [0.2, 0.25) is 5.91 Å². The van der Waals surface area contributed by atoms with Gasteiger partial charge in [0.15, 0.2) is 0 Å². The van der Waals surface area contributed by atoms with Gasteiger partial charge < -0.3 is 14.8 Å². The predicted molar refractivity (Wildman–Crippen MR) is 78.3 cm³/mol. The molecule has 0 aromatic rings. The Morgan fingerprint density at radius 1 is 1.15 bits per heavy atom. The molecule has 0 radical (unpaired) electrons. The van der Waals surface area contributed by atoms with Crippen molar-refractivity contribution < 1.29 is 19.1 Å². The van der Waals surface area contributed by atoms with Gasteiger partial charge in [-0.3, -0.25) is 4.79 Å². The molecule has 5 nitrogen and oxygen atoms in total. The lowest BCUT2D eigenvalue weighted by Crippen LogP contribution is -2.47. The summed E-state index contributed by atoms with van der Waals surface area (Å²) >= 11 is 0. The Kier molecular flexibility index (Phi) is 7.79. The largest absolute Gasteiger partial charge is 0.458 e. The summed E-state index contributed by atoms with van der Waals surface area (Å²) in [7, 11) is 1.60. The molecule has 0 fully saturated rings. The summed E-state index contributed by atoms with van der Waals surface area (Å²) < 4.78 is 10.3. The highest BCUT2D eigenvalue weighted by molar-refractivity contribution is 5.84. The first-order chi connectivity index (χ1) is 9.06. The van der Waals surface area contributed by atoms with Crippen LogP contribution in [0.1, 0.15) is 48.0 Å². The van der Waals surface area contributed by atoms with Crippen molar-refractivity contribution in [2.45, 2.75) is 59.6 Å². The van der Waals surface area contributed by atoms with Crippen molar-refractivity contribution in [3.8, 4) is 0 Å². The Bertz CT molecular complexity index is 320. The maximum Gasteiger partial charge on any atom is 0.329 e. The van der Waals surface area contributed by atoms with Gasteiger partial charge in [-0.2, -0.15) is 0 Å². The molecule has 118 valence electrons. The van der Waals surface area contributed by atoms with Gasteiger partial charge in [0, 0.05) is 20.1 Å². The van der Waals surface area contributed by atoms with Gasteiger partial charge in [0.05, 0.1) is 0 Å². The number of hydrogen-bond acceptors (Lipinski definition) is 4. The molecular formula is C15H29NO4. The SMILES string of the molecule is COCC(C)CC(=O)N[C@H](C(=O)OC(C)(C)C)C(C)C. The van der Waals surface area contributed by atoms with E-state index >= 15 is 0 Å². The van der Waals surface area contributed by atoms with Crippen LogP contribution in [0.4, 0.5) is 0 Å². The zero-order chi connectivity index (χ0) is 15.9. The number of carbonyl (C=O) groups excluding carboxylic acids is 2. The van der Waals surface area contributed by atoms with Crippen LogP contribution in [0.25, 0.3) is 0 Å². The molecule has 2 atom stereocenters. The standard InChI is InChI=1S/C15H29NO4/c1-10(2)13(14(18)20-15(4,5)6)16-12(17)8-11(3)9-19-7/h10-11,13H,8-9H2,1-7H3,(H,16,17)/t11?,13-/m0/s1. The molecule has 0 aliphatic heterocycles. The number of esters is 1. The smallest absolute Gasteiger partial charge is 0.329 e. The summed E-state index contributed by atoms with van der Waals surface area (Å²) in [6.07, 6.45) is 0.333. The van der Waals surface area contributed by atoms with E-state index in [2.05, 4.69) is 5.32 Å². The predicted octanol–water partition coefficient (Wildman–Crippen LogP) is 2.14. The van der Waals surface area contributed by atoms with Crippen molar-refractivity contribution in [3.05, 3.63) is 0 Å². The van der Waals surface area contributed by atoms with Crippen molar-refractivity contribution in [1.82, 2.24) is 5.32 Å². The molecular weight excluding hydrogens is 258 g/mol. The minimum atomic E-state index is -0.614. The fraction of sp³-hybridized carbons (Fsp3) is 0.867. The van der Waals surface area contributed by atoms with E-state index in [1.165, 1.54) is 0 Å². The summed E-state index contributed by atoms with van der Waals surface area (Å²) in [4.78, 5) is 24.0. The van der Waals surface area contributed by atoms with Crippen LogP contribution >= 0.6 is 0 Å². The van der Waals surface area contributed by atoms with Crippen LogP contribution in [0, 0.1) is 11.8 Å². The normalized spacial score (nSPS) is 14.8. The van der Waals surface area contributed by atoms with Gasteiger partial charge in [-0.1, -0.05) is 20.8 Å². The second-order valence-corrected chi connectivity index (χ2v) is 6.59. The van der Waals surface area contributed by atoms with E-state index in [0.29, 0.717) is 13.0 Å². The van der Waals surface area contributed by atoms with Gasteiger partial charge in [-0.15, -0.1) is 0 Å². The average Bonchev–Trinajstić information content (AvgIpc) is 2.22. The number of ether oxygens (including phenoxy) is 2. The van der Waals surface area contributed by atoms with Gasteiger partial charge in [-0.25, -0.2) is 4.79 Å².